The van der Waals surface area contributed by atoms with E-state index in [0.29, 0.717) is 6.04 Å². The first-order valence-electron chi connectivity index (χ1n) is 9.05. The van der Waals surface area contributed by atoms with Gasteiger partial charge in [0.25, 0.3) is 0 Å². The minimum absolute atomic E-state index is 0.562. The normalized spacial score (nSPS) is 13.2. The molecule has 0 bridgehead atoms. The van der Waals surface area contributed by atoms with Crippen molar-refractivity contribution >= 4 is 0 Å². The van der Waals surface area contributed by atoms with Crippen molar-refractivity contribution in [1.29, 1.82) is 0 Å². The number of unbranched alkanes of at least 4 members (excludes halogenated alkanes) is 10. The van der Waals surface area contributed by atoms with Gasteiger partial charge in [-0.3, -0.25) is 0 Å². The van der Waals surface area contributed by atoms with E-state index in [1.807, 2.05) is 7.05 Å². The van der Waals surface area contributed by atoms with Crippen molar-refractivity contribution in [2.45, 2.75) is 103 Å². The molecule has 0 saturated heterocycles. The minimum Gasteiger partial charge on any atom is -0.242 e. The molecule has 0 heterocycles. The summed E-state index contributed by atoms with van der Waals surface area (Å²) in [6, 6.07) is 0.562. The van der Waals surface area contributed by atoms with Crippen molar-refractivity contribution in [3.05, 3.63) is 12.2 Å². The molecule has 0 amide bonds. The van der Waals surface area contributed by atoms with Crippen LogP contribution in [-0.2, 0) is 0 Å². The molecule has 0 N–H and O–H groups in total. The van der Waals surface area contributed by atoms with Crippen LogP contribution in [0.5, 0.6) is 0 Å². The van der Waals surface area contributed by atoms with Crippen molar-refractivity contribution in [3.8, 4) is 0 Å². The maximum absolute atomic E-state index is 4.28. The molecule has 1 nitrogen and oxygen atoms in total. The van der Waals surface area contributed by atoms with Crippen molar-refractivity contribution in [3.63, 3.8) is 0 Å². The van der Waals surface area contributed by atoms with E-state index in [9.17, 15) is 0 Å². The van der Waals surface area contributed by atoms with Crippen molar-refractivity contribution in [2.24, 2.45) is 0 Å². The lowest BCUT2D eigenvalue weighted by atomic mass is 10.1. The van der Waals surface area contributed by atoms with Gasteiger partial charge in [0.15, 0.2) is 0 Å². The second-order valence-corrected chi connectivity index (χ2v) is 6.13. The fourth-order valence-electron chi connectivity index (χ4n) is 2.46. The molecule has 0 aromatic heterocycles. The molecule has 0 rings (SSSR count). The molecule has 0 aliphatic rings. The highest BCUT2D eigenvalue weighted by Gasteiger charge is 1.97. The largest absolute Gasteiger partial charge is 0.242 e. The molecule has 0 spiro atoms. The van der Waals surface area contributed by atoms with E-state index in [-0.39, 0.29) is 0 Å². The van der Waals surface area contributed by atoms with E-state index in [4.69, 9.17) is 0 Å². The van der Waals surface area contributed by atoms with Gasteiger partial charge in [0.1, 0.15) is 0 Å². The highest BCUT2D eigenvalue weighted by Crippen LogP contribution is 2.09. The number of rotatable bonds is 15. The molecule has 0 aromatic rings. The van der Waals surface area contributed by atoms with Crippen LogP contribution < -0.4 is 5.32 Å². The maximum Gasteiger partial charge on any atom is 0.0214 e. The molecule has 1 unspecified atom stereocenters. The molecule has 0 aliphatic heterocycles. The first-order chi connectivity index (χ1) is 9.81. The lowest BCUT2D eigenvalue weighted by Crippen LogP contribution is -2.13. The summed E-state index contributed by atoms with van der Waals surface area (Å²) < 4.78 is 0. The van der Waals surface area contributed by atoms with Crippen LogP contribution in [0.2, 0.25) is 0 Å². The standard InChI is InChI=1S/C19H38N/c1-4-5-6-7-8-9-10-11-12-13-14-15-16-17-18-19(2)20-3/h11-12,19H,4-10,13-18H2,1-3H3/b12-11+. The average molecular weight is 281 g/mol. The molecule has 0 aliphatic carbocycles. The molecular weight excluding hydrogens is 242 g/mol. The summed E-state index contributed by atoms with van der Waals surface area (Å²) in [5.41, 5.74) is 0. The van der Waals surface area contributed by atoms with Gasteiger partial charge in [-0.15, -0.1) is 0 Å². The van der Waals surface area contributed by atoms with Crippen molar-refractivity contribution in [2.75, 3.05) is 7.05 Å². The first-order valence-corrected chi connectivity index (χ1v) is 9.05. The van der Waals surface area contributed by atoms with E-state index in [0.717, 1.165) is 0 Å². The van der Waals surface area contributed by atoms with Gasteiger partial charge >= 0.3 is 0 Å². The van der Waals surface area contributed by atoms with Crippen LogP contribution in [-0.4, -0.2) is 13.1 Å². The van der Waals surface area contributed by atoms with E-state index in [1.165, 1.54) is 83.5 Å². The van der Waals surface area contributed by atoms with Gasteiger partial charge in [0, 0.05) is 13.1 Å². The predicted molar refractivity (Wildman–Crippen MR) is 92.4 cm³/mol. The van der Waals surface area contributed by atoms with E-state index >= 15 is 0 Å². The number of nitrogens with zero attached hydrogens (tertiary/aromatic N) is 1. The Morgan fingerprint density at radius 3 is 1.80 bits per heavy atom. The molecule has 1 heteroatoms. The Morgan fingerprint density at radius 1 is 0.750 bits per heavy atom. The van der Waals surface area contributed by atoms with Crippen molar-refractivity contribution < 1.29 is 0 Å². The summed E-state index contributed by atoms with van der Waals surface area (Å²) in [5, 5.41) is 4.28. The SMILES string of the molecule is CCCCCCCC/C=C/CCCCCCC(C)[N]C. The highest BCUT2D eigenvalue weighted by atomic mass is 14.8. The lowest BCUT2D eigenvalue weighted by molar-refractivity contribution is 0.508. The Labute approximate surface area is 128 Å². The van der Waals surface area contributed by atoms with Gasteiger partial charge < -0.3 is 0 Å². The Bertz CT molecular complexity index is 198. The summed E-state index contributed by atoms with van der Waals surface area (Å²) in [4.78, 5) is 0. The van der Waals surface area contributed by atoms with Gasteiger partial charge in [-0.25, -0.2) is 5.32 Å². The second kappa shape index (κ2) is 16.8. The third-order valence-electron chi connectivity index (χ3n) is 4.07. The quantitative estimate of drug-likeness (QED) is 0.248. The molecule has 0 aromatic carbocycles. The van der Waals surface area contributed by atoms with Crippen LogP contribution in [0, 0.1) is 0 Å². The zero-order chi connectivity index (χ0) is 14.9. The predicted octanol–water partition coefficient (Wildman–Crippen LogP) is 6.26. The van der Waals surface area contributed by atoms with Gasteiger partial charge in [-0.1, -0.05) is 70.4 Å². The zero-order valence-electron chi connectivity index (χ0n) is 14.4. The maximum atomic E-state index is 4.28. The van der Waals surface area contributed by atoms with Crippen LogP contribution in [0.15, 0.2) is 12.2 Å². The average Bonchev–Trinajstić information content (AvgIpc) is 2.47. The zero-order valence-corrected chi connectivity index (χ0v) is 14.4. The Hall–Kier alpha value is -0.300. The van der Waals surface area contributed by atoms with Crippen LogP contribution in [0.3, 0.4) is 0 Å². The highest BCUT2D eigenvalue weighted by molar-refractivity contribution is 4.81. The minimum atomic E-state index is 0.562. The molecule has 119 valence electrons. The van der Waals surface area contributed by atoms with Crippen LogP contribution in [0.25, 0.3) is 0 Å². The summed E-state index contributed by atoms with van der Waals surface area (Å²) in [6.07, 6.45) is 22.6. The smallest absolute Gasteiger partial charge is 0.0214 e. The van der Waals surface area contributed by atoms with E-state index < -0.39 is 0 Å². The Kier molecular flexibility index (Phi) is 16.5. The third kappa shape index (κ3) is 15.8. The van der Waals surface area contributed by atoms with Crippen LogP contribution >= 0.6 is 0 Å². The molecule has 0 saturated carbocycles. The number of hydrogen-bond donors (Lipinski definition) is 0. The fourth-order valence-corrected chi connectivity index (χ4v) is 2.46. The van der Waals surface area contributed by atoms with Gasteiger partial charge in [0.05, 0.1) is 0 Å². The lowest BCUT2D eigenvalue weighted by Gasteiger charge is -2.06. The Morgan fingerprint density at radius 2 is 1.25 bits per heavy atom. The van der Waals surface area contributed by atoms with Crippen LogP contribution in [0.1, 0.15) is 97.3 Å². The Balaban J connectivity index is 3.09. The van der Waals surface area contributed by atoms with E-state index in [2.05, 4.69) is 31.3 Å². The molecule has 1 atom stereocenters. The van der Waals surface area contributed by atoms with Crippen molar-refractivity contribution in [1.82, 2.24) is 5.32 Å². The molecular formula is C19H38N. The molecule has 20 heavy (non-hydrogen) atoms. The number of hydrogen-bond acceptors (Lipinski definition) is 0. The summed E-state index contributed by atoms with van der Waals surface area (Å²) in [5.74, 6) is 0. The summed E-state index contributed by atoms with van der Waals surface area (Å²) in [7, 11) is 1.93. The molecule has 0 fully saturated rings. The van der Waals surface area contributed by atoms with E-state index in [1.54, 1.807) is 0 Å². The summed E-state index contributed by atoms with van der Waals surface area (Å²) in [6.45, 7) is 4.49. The number of allylic oxidation sites excluding steroid dienone is 2. The van der Waals surface area contributed by atoms with Crippen LogP contribution in [0.4, 0.5) is 0 Å². The summed E-state index contributed by atoms with van der Waals surface area (Å²) >= 11 is 0. The monoisotopic (exact) mass is 280 g/mol. The second-order valence-electron chi connectivity index (χ2n) is 6.13. The topological polar surface area (TPSA) is 14.1 Å². The van der Waals surface area contributed by atoms with Gasteiger partial charge in [-0.2, -0.15) is 0 Å². The first kappa shape index (κ1) is 19.7. The molecule has 1 radical (unpaired) electrons. The van der Waals surface area contributed by atoms with Gasteiger partial charge in [-0.05, 0) is 39.0 Å². The fraction of sp³-hybridized carbons (Fsp3) is 0.895. The van der Waals surface area contributed by atoms with Gasteiger partial charge in [0.2, 0.25) is 0 Å². The third-order valence-corrected chi connectivity index (χ3v) is 4.07.